The van der Waals surface area contributed by atoms with Gasteiger partial charge in [0.25, 0.3) is 5.91 Å². The molecule has 0 unspecified atom stereocenters. The Kier molecular flexibility index (Phi) is 11.7. The molecule has 15 nitrogen and oxygen atoms in total. The number of aryl methyl sites for hydroxylation is 2. The maximum atomic E-state index is 13.3. The van der Waals surface area contributed by atoms with Gasteiger partial charge in [0.15, 0.2) is 5.60 Å². The van der Waals surface area contributed by atoms with Gasteiger partial charge < -0.3 is 50.5 Å². The molecule has 4 aliphatic rings. The summed E-state index contributed by atoms with van der Waals surface area (Å²) >= 11 is 0. The van der Waals surface area contributed by atoms with Crippen LogP contribution >= 0.6 is 0 Å². The molecule has 4 fully saturated rings. The van der Waals surface area contributed by atoms with Gasteiger partial charge in [0.05, 0.1) is 37.0 Å². The van der Waals surface area contributed by atoms with Gasteiger partial charge in [-0.15, -0.1) is 0 Å². The standard InChI is InChI=1S/C35H52N4O11/c1-20-14-24(15-21(2)28(20)43)31(45)36-17-26(42)29(44)30-27(37-22(3)40)25(41)16-35(50-30,33(47)48)9-11-39-12-13-49-19-34(39)8-10-38(18-34)32(46)23-6-4-5-7-23/h14-15,23,25-27,29-30,41-44H,4-13,16-19H2,1-3H3,(H,36,45)(H,37,40)(H,47,48)/t25-,26+,27+,29+,30+,34-,35+/m0/s1. The summed E-state index contributed by atoms with van der Waals surface area (Å²) in [6.45, 7) is 6.61. The van der Waals surface area contributed by atoms with Crippen LogP contribution in [0.1, 0.15) is 73.4 Å². The molecule has 1 aromatic carbocycles. The number of hydrogen-bond acceptors (Lipinski definition) is 11. The van der Waals surface area contributed by atoms with E-state index in [2.05, 4.69) is 15.5 Å². The third kappa shape index (κ3) is 7.92. The van der Waals surface area contributed by atoms with Crippen LogP contribution in [0.2, 0.25) is 0 Å². The number of carbonyl (C=O) groups is 4. The van der Waals surface area contributed by atoms with Crippen molar-refractivity contribution in [3.63, 3.8) is 0 Å². The number of carboxylic acid groups (broad SMARTS) is 1. The molecule has 15 heteroatoms. The number of morpholine rings is 1. The van der Waals surface area contributed by atoms with Crippen molar-refractivity contribution in [2.24, 2.45) is 5.92 Å². The first-order valence-electron chi connectivity index (χ1n) is 17.6. The Labute approximate surface area is 291 Å². The Bertz CT molecular complexity index is 1410. The molecule has 7 atom stereocenters. The average molecular weight is 705 g/mol. The van der Waals surface area contributed by atoms with Crippen molar-refractivity contribution in [2.75, 3.05) is 45.9 Å². The Morgan fingerprint density at radius 2 is 1.76 bits per heavy atom. The number of aliphatic hydroxyl groups excluding tert-OH is 3. The molecule has 1 spiro atoms. The molecular formula is C35H52N4O11. The van der Waals surface area contributed by atoms with Gasteiger partial charge in [0.1, 0.15) is 18.0 Å². The van der Waals surface area contributed by atoms with E-state index < -0.39 is 72.3 Å². The molecule has 7 N–H and O–H groups in total. The average Bonchev–Trinajstić information content (AvgIpc) is 3.77. The summed E-state index contributed by atoms with van der Waals surface area (Å²) in [5.74, 6) is -2.26. The lowest BCUT2D eigenvalue weighted by molar-refractivity contribution is -0.231. The second kappa shape index (κ2) is 15.5. The van der Waals surface area contributed by atoms with Crippen molar-refractivity contribution in [1.29, 1.82) is 0 Å². The summed E-state index contributed by atoms with van der Waals surface area (Å²) in [7, 11) is 0. The number of nitrogens with one attached hydrogen (secondary N) is 2. The van der Waals surface area contributed by atoms with E-state index in [0.717, 1.165) is 25.7 Å². The number of aliphatic carboxylic acids is 1. The lowest BCUT2D eigenvalue weighted by Crippen LogP contribution is -2.68. The lowest BCUT2D eigenvalue weighted by Gasteiger charge is -2.49. The number of nitrogens with zero attached hydrogens (tertiary/aromatic N) is 2. The quantitative estimate of drug-likeness (QED) is 0.160. The Balaban J connectivity index is 1.30. The van der Waals surface area contributed by atoms with Gasteiger partial charge in [0.2, 0.25) is 11.8 Å². The highest BCUT2D eigenvalue weighted by atomic mass is 16.6. The number of ether oxygens (including phenoxy) is 2. The molecule has 3 amide bonds. The predicted molar refractivity (Wildman–Crippen MR) is 178 cm³/mol. The SMILES string of the molecule is CC(=O)N[C@H]1[C@H]([C@H](O)[C@H](O)CNC(=O)c2cc(C)c(O)c(C)c2)O[C@@](CCN2CCOC[C@@]23CCN(C(=O)C2CCCC2)C3)(C(=O)O)C[C@@H]1O. The van der Waals surface area contributed by atoms with Crippen LogP contribution in [0, 0.1) is 19.8 Å². The fourth-order valence-corrected chi connectivity index (χ4v) is 8.17. The summed E-state index contributed by atoms with van der Waals surface area (Å²) in [4.78, 5) is 55.2. The molecule has 5 rings (SSSR count). The van der Waals surface area contributed by atoms with Crippen LogP contribution in [0.4, 0.5) is 0 Å². The second-order valence-electron chi connectivity index (χ2n) is 14.6. The van der Waals surface area contributed by atoms with Crippen LogP contribution in [-0.4, -0.2) is 147 Å². The van der Waals surface area contributed by atoms with E-state index in [1.807, 2.05) is 4.90 Å². The summed E-state index contributed by atoms with van der Waals surface area (Å²) in [5, 5.41) is 59.3. The number of hydrogen-bond donors (Lipinski definition) is 7. The Morgan fingerprint density at radius 3 is 2.40 bits per heavy atom. The molecular weight excluding hydrogens is 652 g/mol. The summed E-state index contributed by atoms with van der Waals surface area (Å²) < 4.78 is 12.0. The van der Waals surface area contributed by atoms with Gasteiger partial charge in [-0.25, -0.2) is 4.79 Å². The maximum Gasteiger partial charge on any atom is 0.336 e. The van der Waals surface area contributed by atoms with E-state index in [9.17, 15) is 44.7 Å². The molecule has 3 saturated heterocycles. The molecule has 278 valence electrons. The summed E-state index contributed by atoms with van der Waals surface area (Å²) in [5.41, 5.74) is -1.32. The molecule has 1 saturated carbocycles. The van der Waals surface area contributed by atoms with Crippen LogP contribution in [0.25, 0.3) is 0 Å². The van der Waals surface area contributed by atoms with Crippen LogP contribution in [0.3, 0.4) is 0 Å². The second-order valence-corrected chi connectivity index (χ2v) is 14.6. The predicted octanol–water partition coefficient (Wildman–Crippen LogP) is -0.178. The van der Waals surface area contributed by atoms with Gasteiger partial charge in [-0.3, -0.25) is 19.3 Å². The first-order valence-corrected chi connectivity index (χ1v) is 17.6. The zero-order chi connectivity index (χ0) is 36.4. The van der Waals surface area contributed by atoms with E-state index in [1.54, 1.807) is 13.8 Å². The molecule has 50 heavy (non-hydrogen) atoms. The summed E-state index contributed by atoms with van der Waals surface area (Å²) in [6, 6.07) is 1.69. The first-order chi connectivity index (χ1) is 23.7. The molecule has 3 heterocycles. The number of phenolic OH excluding ortho intramolecular Hbond substituents is 1. The number of aromatic hydroxyl groups is 1. The zero-order valence-electron chi connectivity index (χ0n) is 29.1. The topological polar surface area (TPSA) is 218 Å². The van der Waals surface area contributed by atoms with E-state index in [4.69, 9.17) is 9.47 Å². The molecule has 3 aliphatic heterocycles. The van der Waals surface area contributed by atoms with Crippen LogP contribution < -0.4 is 10.6 Å². The molecule has 0 aromatic heterocycles. The number of benzene rings is 1. The minimum Gasteiger partial charge on any atom is -0.507 e. The van der Waals surface area contributed by atoms with Crippen molar-refractivity contribution in [1.82, 2.24) is 20.4 Å². The van der Waals surface area contributed by atoms with Gasteiger partial charge in [-0.2, -0.15) is 0 Å². The number of carboxylic acids is 1. The van der Waals surface area contributed by atoms with E-state index in [-0.39, 0.29) is 36.1 Å². The monoisotopic (exact) mass is 704 g/mol. The first kappa shape index (κ1) is 37.9. The van der Waals surface area contributed by atoms with Gasteiger partial charge in [-0.05, 0) is 56.4 Å². The molecule has 0 bridgehead atoms. The highest BCUT2D eigenvalue weighted by Crippen LogP contribution is 2.38. The molecule has 0 radical (unpaired) electrons. The third-order valence-electron chi connectivity index (χ3n) is 11.1. The highest BCUT2D eigenvalue weighted by molar-refractivity contribution is 5.95. The normalized spacial score (nSPS) is 30.3. The smallest absolute Gasteiger partial charge is 0.336 e. The number of phenols is 1. The fourth-order valence-electron chi connectivity index (χ4n) is 8.17. The minimum atomic E-state index is -2.00. The number of aliphatic hydroxyl groups is 3. The largest absolute Gasteiger partial charge is 0.507 e. The number of carbonyl (C=O) groups excluding carboxylic acids is 3. The number of likely N-dealkylation sites (tertiary alicyclic amines) is 1. The van der Waals surface area contributed by atoms with Crippen LogP contribution in [-0.2, 0) is 23.9 Å². The highest BCUT2D eigenvalue weighted by Gasteiger charge is 2.55. The van der Waals surface area contributed by atoms with Crippen LogP contribution in [0.5, 0.6) is 5.75 Å². The molecule has 1 aliphatic carbocycles. The van der Waals surface area contributed by atoms with E-state index in [1.165, 1.54) is 19.1 Å². The van der Waals surface area contributed by atoms with Crippen molar-refractivity contribution in [3.05, 3.63) is 28.8 Å². The van der Waals surface area contributed by atoms with E-state index in [0.29, 0.717) is 50.4 Å². The van der Waals surface area contributed by atoms with Crippen molar-refractivity contribution in [3.8, 4) is 5.75 Å². The Morgan fingerprint density at radius 1 is 1.08 bits per heavy atom. The number of rotatable bonds is 11. The number of amides is 3. The van der Waals surface area contributed by atoms with E-state index >= 15 is 0 Å². The minimum absolute atomic E-state index is 0.0420. The lowest BCUT2D eigenvalue weighted by atomic mass is 9.81. The summed E-state index contributed by atoms with van der Waals surface area (Å²) in [6.07, 6.45) is -2.46. The van der Waals surface area contributed by atoms with Crippen molar-refractivity contribution < 1.29 is 54.2 Å². The van der Waals surface area contributed by atoms with Gasteiger partial charge >= 0.3 is 5.97 Å². The van der Waals surface area contributed by atoms with Gasteiger partial charge in [0, 0.05) is 64.0 Å². The fraction of sp³-hybridized carbons (Fsp3) is 0.714. The van der Waals surface area contributed by atoms with Gasteiger partial charge in [-0.1, -0.05) is 12.8 Å². The maximum absolute atomic E-state index is 13.3. The van der Waals surface area contributed by atoms with Crippen molar-refractivity contribution in [2.45, 2.75) is 107 Å². The molecule has 1 aromatic rings. The third-order valence-corrected chi connectivity index (χ3v) is 11.1. The zero-order valence-corrected chi connectivity index (χ0v) is 29.1. The Hall–Kier alpha value is -3.34. The van der Waals surface area contributed by atoms with Crippen molar-refractivity contribution >= 4 is 23.7 Å². The van der Waals surface area contributed by atoms with Crippen LogP contribution in [0.15, 0.2) is 12.1 Å².